The Balaban J connectivity index is 2.78. The van der Waals surface area contributed by atoms with Gasteiger partial charge in [0.25, 0.3) is 0 Å². The van der Waals surface area contributed by atoms with E-state index >= 15 is 0 Å². The summed E-state index contributed by atoms with van der Waals surface area (Å²) in [5, 5.41) is 3.51. The molecule has 17 heavy (non-hydrogen) atoms. The Labute approximate surface area is 106 Å². The van der Waals surface area contributed by atoms with Crippen LogP contribution in [-0.2, 0) is 0 Å². The van der Waals surface area contributed by atoms with Crippen LogP contribution in [0.25, 0.3) is 6.08 Å². The van der Waals surface area contributed by atoms with Gasteiger partial charge in [-0.05, 0) is 58.2 Å². The number of rotatable bonds is 3. The summed E-state index contributed by atoms with van der Waals surface area (Å²) in [4.78, 5) is 0. The summed E-state index contributed by atoms with van der Waals surface area (Å²) in [7, 11) is 0. The molecule has 1 rings (SSSR count). The highest BCUT2D eigenvalue weighted by Crippen LogP contribution is 2.16. The lowest BCUT2D eigenvalue weighted by Crippen LogP contribution is -2.36. The van der Waals surface area contributed by atoms with E-state index in [4.69, 9.17) is 0 Å². The predicted octanol–water partition coefficient (Wildman–Crippen LogP) is 4.09. The molecule has 0 aliphatic carbocycles. The molecular weight excluding hydrogens is 206 g/mol. The second-order valence-electron chi connectivity index (χ2n) is 5.88. The summed E-state index contributed by atoms with van der Waals surface area (Å²) in [5.74, 6) is 0. The fourth-order valence-electron chi connectivity index (χ4n) is 1.65. The second kappa shape index (κ2) is 5.50. The summed E-state index contributed by atoms with van der Waals surface area (Å²) in [6, 6.07) is 6.47. The predicted molar refractivity (Wildman–Crippen MR) is 77.3 cm³/mol. The van der Waals surface area contributed by atoms with Gasteiger partial charge in [0.15, 0.2) is 0 Å². The lowest BCUT2D eigenvalue weighted by molar-refractivity contribution is 0.445. The molecule has 1 N–H and O–H groups in total. The zero-order valence-corrected chi connectivity index (χ0v) is 12.0. The van der Waals surface area contributed by atoms with Crippen molar-refractivity contribution in [1.29, 1.82) is 0 Å². The number of hydrogen-bond donors (Lipinski definition) is 1. The standard InChI is InChI=1S/C16H25N/c1-12(11-17-16(4,5)6)10-15-9-7-8-13(2)14(15)3/h7-10,17H,11H2,1-6H3. The van der Waals surface area contributed by atoms with Gasteiger partial charge in [0.1, 0.15) is 0 Å². The largest absolute Gasteiger partial charge is 0.308 e. The molecule has 0 saturated carbocycles. The monoisotopic (exact) mass is 231 g/mol. The van der Waals surface area contributed by atoms with Crippen molar-refractivity contribution >= 4 is 6.08 Å². The minimum atomic E-state index is 0.177. The Morgan fingerprint density at radius 3 is 2.47 bits per heavy atom. The fraction of sp³-hybridized carbons (Fsp3) is 0.500. The van der Waals surface area contributed by atoms with Crippen molar-refractivity contribution < 1.29 is 0 Å². The van der Waals surface area contributed by atoms with Gasteiger partial charge in [0, 0.05) is 12.1 Å². The third kappa shape index (κ3) is 4.74. The molecule has 1 nitrogen and oxygen atoms in total. The van der Waals surface area contributed by atoms with E-state index in [9.17, 15) is 0 Å². The molecule has 0 unspecified atom stereocenters. The maximum Gasteiger partial charge on any atom is 0.0170 e. The van der Waals surface area contributed by atoms with Crippen LogP contribution in [0.3, 0.4) is 0 Å². The molecule has 0 spiro atoms. The van der Waals surface area contributed by atoms with Gasteiger partial charge in [0.2, 0.25) is 0 Å². The average molecular weight is 231 g/mol. The summed E-state index contributed by atoms with van der Waals surface area (Å²) >= 11 is 0. The lowest BCUT2D eigenvalue weighted by Gasteiger charge is -2.20. The molecular formula is C16H25N. The number of benzene rings is 1. The van der Waals surface area contributed by atoms with E-state index in [1.807, 2.05) is 0 Å². The molecule has 0 amide bonds. The quantitative estimate of drug-likeness (QED) is 0.826. The first kappa shape index (κ1) is 14.0. The summed E-state index contributed by atoms with van der Waals surface area (Å²) in [6.07, 6.45) is 2.28. The molecule has 0 aromatic heterocycles. The maximum atomic E-state index is 3.51. The van der Waals surface area contributed by atoms with E-state index < -0.39 is 0 Å². The minimum absolute atomic E-state index is 0.177. The first-order valence-corrected chi connectivity index (χ1v) is 6.28. The van der Waals surface area contributed by atoms with Crippen LogP contribution in [-0.4, -0.2) is 12.1 Å². The topological polar surface area (TPSA) is 12.0 Å². The first-order valence-electron chi connectivity index (χ1n) is 6.28. The van der Waals surface area contributed by atoms with Crippen LogP contribution in [0.4, 0.5) is 0 Å². The van der Waals surface area contributed by atoms with Crippen LogP contribution in [0.2, 0.25) is 0 Å². The molecule has 0 bridgehead atoms. The highest BCUT2D eigenvalue weighted by atomic mass is 14.9. The van der Waals surface area contributed by atoms with Crippen LogP contribution in [0, 0.1) is 13.8 Å². The summed E-state index contributed by atoms with van der Waals surface area (Å²) in [5.41, 5.74) is 5.61. The van der Waals surface area contributed by atoms with E-state index in [-0.39, 0.29) is 5.54 Å². The van der Waals surface area contributed by atoms with Crippen molar-refractivity contribution in [3.63, 3.8) is 0 Å². The maximum absolute atomic E-state index is 3.51. The van der Waals surface area contributed by atoms with Crippen molar-refractivity contribution in [2.75, 3.05) is 6.54 Å². The summed E-state index contributed by atoms with van der Waals surface area (Å²) in [6.45, 7) is 14.0. The summed E-state index contributed by atoms with van der Waals surface area (Å²) < 4.78 is 0. The van der Waals surface area contributed by atoms with Crippen molar-refractivity contribution in [2.45, 2.75) is 47.1 Å². The molecule has 0 saturated heterocycles. The van der Waals surface area contributed by atoms with Gasteiger partial charge >= 0.3 is 0 Å². The smallest absolute Gasteiger partial charge is 0.0170 e. The fourth-order valence-corrected chi connectivity index (χ4v) is 1.65. The molecule has 0 radical (unpaired) electrons. The molecule has 0 atom stereocenters. The highest BCUT2D eigenvalue weighted by molar-refractivity contribution is 5.58. The highest BCUT2D eigenvalue weighted by Gasteiger charge is 2.08. The lowest BCUT2D eigenvalue weighted by atomic mass is 10.0. The number of hydrogen-bond acceptors (Lipinski definition) is 1. The average Bonchev–Trinajstić information content (AvgIpc) is 2.21. The van der Waals surface area contributed by atoms with E-state index in [1.165, 1.54) is 22.3 Å². The van der Waals surface area contributed by atoms with Gasteiger partial charge < -0.3 is 5.32 Å². The van der Waals surface area contributed by atoms with Crippen LogP contribution in [0.5, 0.6) is 0 Å². The van der Waals surface area contributed by atoms with Crippen molar-refractivity contribution in [3.05, 3.63) is 40.5 Å². The molecule has 1 heteroatoms. The Morgan fingerprint density at radius 1 is 1.24 bits per heavy atom. The normalized spacial score (nSPS) is 12.9. The van der Waals surface area contributed by atoms with Gasteiger partial charge in [-0.2, -0.15) is 0 Å². The Kier molecular flexibility index (Phi) is 4.53. The number of nitrogens with one attached hydrogen (secondary N) is 1. The van der Waals surface area contributed by atoms with Crippen LogP contribution in [0.1, 0.15) is 44.4 Å². The van der Waals surface area contributed by atoms with Gasteiger partial charge in [0.05, 0.1) is 0 Å². The van der Waals surface area contributed by atoms with E-state index in [0.29, 0.717) is 0 Å². The molecule has 0 heterocycles. The number of aryl methyl sites for hydroxylation is 1. The van der Waals surface area contributed by atoms with Crippen LogP contribution >= 0.6 is 0 Å². The van der Waals surface area contributed by atoms with Crippen LogP contribution < -0.4 is 5.32 Å². The second-order valence-corrected chi connectivity index (χ2v) is 5.88. The molecule has 0 fully saturated rings. The van der Waals surface area contributed by atoms with Crippen LogP contribution in [0.15, 0.2) is 23.8 Å². The van der Waals surface area contributed by atoms with E-state index in [0.717, 1.165) is 6.54 Å². The van der Waals surface area contributed by atoms with Crippen molar-refractivity contribution in [3.8, 4) is 0 Å². The third-order valence-electron chi connectivity index (χ3n) is 2.95. The molecule has 1 aromatic rings. The third-order valence-corrected chi connectivity index (χ3v) is 2.95. The molecule has 0 aliphatic heterocycles. The van der Waals surface area contributed by atoms with Gasteiger partial charge in [-0.3, -0.25) is 0 Å². The van der Waals surface area contributed by atoms with E-state index in [1.54, 1.807) is 0 Å². The van der Waals surface area contributed by atoms with Gasteiger partial charge in [-0.1, -0.05) is 29.8 Å². The van der Waals surface area contributed by atoms with Gasteiger partial charge in [-0.25, -0.2) is 0 Å². The Bertz CT molecular complexity index is 408. The first-order chi connectivity index (χ1) is 7.79. The Morgan fingerprint density at radius 2 is 1.88 bits per heavy atom. The minimum Gasteiger partial charge on any atom is -0.308 e. The molecule has 0 aliphatic rings. The Hall–Kier alpha value is -1.08. The van der Waals surface area contributed by atoms with Crippen molar-refractivity contribution in [2.24, 2.45) is 0 Å². The molecule has 1 aromatic carbocycles. The SMILES string of the molecule is CC(=Cc1cccc(C)c1C)CNC(C)(C)C. The zero-order valence-electron chi connectivity index (χ0n) is 12.0. The van der Waals surface area contributed by atoms with Crippen molar-refractivity contribution in [1.82, 2.24) is 5.32 Å². The zero-order chi connectivity index (χ0) is 13.1. The molecule has 94 valence electrons. The van der Waals surface area contributed by atoms with Gasteiger partial charge in [-0.15, -0.1) is 0 Å². The van der Waals surface area contributed by atoms with E-state index in [2.05, 4.69) is 71.1 Å².